The standard InChI is InChI=1S/C7H2Cl2N2O6.C7H3ClN2O6/c8-4-2(7(12)13)1-3(10(14)15)5(9)6(4)11(16)17;8-6-4(9(13)14)1-3(7(11)12)2-5(6)10(15)16/h1H,(H,12,13);1-2H,(H,11,12). The molecule has 0 atom stereocenters. The molecule has 0 fully saturated rings. The van der Waals surface area contributed by atoms with Crippen LogP contribution in [0.25, 0.3) is 0 Å². The molecule has 0 aliphatic rings. The second-order valence-corrected chi connectivity index (χ2v) is 6.52. The number of nitro groups is 4. The number of halogens is 3. The first-order valence-corrected chi connectivity index (χ1v) is 8.64. The summed E-state index contributed by atoms with van der Waals surface area (Å²) >= 11 is 16.3. The first kappa shape index (κ1) is 26.9. The van der Waals surface area contributed by atoms with Gasteiger partial charge in [0.15, 0.2) is 10.0 Å². The van der Waals surface area contributed by atoms with Crippen LogP contribution >= 0.6 is 34.8 Å². The van der Waals surface area contributed by atoms with Gasteiger partial charge in [-0.1, -0.05) is 34.8 Å². The molecular weight excluding hydrogens is 523 g/mol. The van der Waals surface area contributed by atoms with E-state index in [0.717, 1.165) is 0 Å². The van der Waals surface area contributed by atoms with E-state index in [1.54, 1.807) is 0 Å². The van der Waals surface area contributed by atoms with Crippen LogP contribution in [0.1, 0.15) is 20.7 Å². The Hall–Kier alpha value is -4.15. The third kappa shape index (κ3) is 5.97. The number of hydrogen-bond donors (Lipinski definition) is 2. The zero-order valence-electron chi connectivity index (χ0n) is 15.1. The lowest BCUT2D eigenvalue weighted by atomic mass is 10.1. The van der Waals surface area contributed by atoms with E-state index in [0.29, 0.717) is 18.2 Å². The molecule has 0 aromatic heterocycles. The Kier molecular flexibility index (Phi) is 8.51. The molecular formula is C14H5Cl3N4O12. The molecule has 0 amide bonds. The van der Waals surface area contributed by atoms with Gasteiger partial charge >= 0.3 is 17.6 Å². The van der Waals surface area contributed by atoms with Crippen molar-refractivity contribution in [3.05, 3.63) is 84.9 Å². The van der Waals surface area contributed by atoms with Crippen molar-refractivity contribution >= 4 is 69.5 Å². The van der Waals surface area contributed by atoms with Crippen LogP contribution in [0.4, 0.5) is 22.7 Å². The Bertz CT molecular complexity index is 1160. The Morgan fingerprint density at radius 2 is 1.03 bits per heavy atom. The van der Waals surface area contributed by atoms with E-state index < -0.39 is 80.6 Å². The summed E-state index contributed by atoms with van der Waals surface area (Å²) in [6.07, 6.45) is 0. The highest BCUT2D eigenvalue weighted by molar-refractivity contribution is 6.41. The van der Waals surface area contributed by atoms with Crippen LogP contribution in [0.15, 0.2) is 18.2 Å². The summed E-state index contributed by atoms with van der Waals surface area (Å²) in [6.45, 7) is 0. The fourth-order valence-corrected chi connectivity index (χ4v) is 2.92. The summed E-state index contributed by atoms with van der Waals surface area (Å²) in [5.41, 5.74) is -4.83. The molecule has 16 nitrogen and oxygen atoms in total. The van der Waals surface area contributed by atoms with E-state index in [1.807, 2.05) is 0 Å². The number of aromatic carboxylic acids is 2. The third-order valence-electron chi connectivity index (χ3n) is 3.44. The van der Waals surface area contributed by atoms with E-state index in [9.17, 15) is 50.0 Å². The number of nitro benzene ring substituents is 4. The highest BCUT2D eigenvalue weighted by atomic mass is 35.5. The minimum absolute atomic E-state index is 0.567. The van der Waals surface area contributed by atoms with Gasteiger partial charge in [0.25, 0.3) is 17.1 Å². The van der Waals surface area contributed by atoms with Crippen LogP contribution in [0.5, 0.6) is 0 Å². The van der Waals surface area contributed by atoms with Gasteiger partial charge in [0, 0.05) is 18.2 Å². The van der Waals surface area contributed by atoms with Crippen LogP contribution in [-0.4, -0.2) is 41.8 Å². The van der Waals surface area contributed by atoms with Crippen molar-refractivity contribution < 1.29 is 39.5 Å². The summed E-state index contributed by atoms with van der Waals surface area (Å²) < 4.78 is 0. The molecule has 2 N–H and O–H groups in total. The monoisotopic (exact) mass is 526 g/mol. The summed E-state index contributed by atoms with van der Waals surface area (Å²) in [5, 5.41) is 57.2. The topological polar surface area (TPSA) is 247 Å². The molecule has 33 heavy (non-hydrogen) atoms. The van der Waals surface area contributed by atoms with Gasteiger partial charge in [-0.05, 0) is 0 Å². The van der Waals surface area contributed by atoms with E-state index >= 15 is 0 Å². The molecule has 0 unspecified atom stereocenters. The maximum Gasteiger partial charge on any atom is 0.337 e. The second-order valence-electron chi connectivity index (χ2n) is 5.39. The van der Waals surface area contributed by atoms with Gasteiger partial charge in [0.2, 0.25) is 0 Å². The zero-order chi connectivity index (χ0) is 25.8. The van der Waals surface area contributed by atoms with Gasteiger partial charge in [0.1, 0.15) is 5.02 Å². The van der Waals surface area contributed by atoms with Crippen molar-refractivity contribution in [3.8, 4) is 0 Å². The largest absolute Gasteiger partial charge is 0.478 e. The first-order chi connectivity index (χ1) is 15.1. The molecule has 0 aliphatic carbocycles. The van der Waals surface area contributed by atoms with Crippen LogP contribution in [-0.2, 0) is 0 Å². The van der Waals surface area contributed by atoms with Crippen molar-refractivity contribution in [2.45, 2.75) is 0 Å². The van der Waals surface area contributed by atoms with Crippen LogP contribution in [0.3, 0.4) is 0 Å². The average Bonchev–Trinajstić information content (AvgIpc) is 2.67. The first-order valence-electron chi connectivity index (χ1n) is 7.51. The fourth-order valence-electron chi connectivity index (χ4n) is 2.04. The van der Waals surface area contributed by atoms with Gasteiger partial charge in [-0.2, -0.15) is 0 Å². The molecule has 2 aromatic carbocycles. The summed E-state index contributed by atoms with van der Waals surface area (Å²) in [6, 6.07) is 1.90. The number of carbonyl (C=O) groups is 2. The fraction of sp³-hybridized carbons (Fsp3) is 0. The Morgan fingerprint density at radius 1 is 0.636 bits per heavy atom. The predicted octanol–water partition coefficient (Wildman–Crippen LogP) is 4.36. The number of rotatable bonds is 6. The van der Waals surface area contributed by atoms with Crippen LogP contribution in [0.2, 0.25) is 15.1 Å². The molecule has 2 aromatic rings. The molecule has 0 aliphatic heterocycles. The number of benzene rings is 2. The highest BCUT2D eigenvalue weighted by Crippen LogP contribution is 2.41. The van der Waals surface area contributed by atoms with Gasteiger partial charge in [-0.15, -0.1) is 0 Å². The maximum atomic E-state index is 10.7. The summed E-state index contributed by atoms with van der Waals surface area (Å²) in [5.74, 6) is -3.14. The summed E-state index contributed by atoms with van der Waals surface area (Å²) in [4.78, 5) is 59.3. The van der Waals surface area contributed by atoms with Crippen LogP contribution < -0.4 is 0 Å². The quantitative estimate of drug-likeness (QED) is 0.392. The van der Waals surface area contributed by atoms with Crippen molar-refractivity contribution in [2.75, 3.05) is 0 Å². The van der Waals surface area contributed by atoms with E-state index in [2.05, 4.69) is 0 Å². The lowest BCUT2D eigenvalue weighted by molar-refractivity contribution is -0.394. The van der Waals surface area contributed by atoms with Crippen molar-refractivity contribution in [1.82, 2.24) is 0 Å². The lowest BCUT2D eigenvalue weighted by Crippen LogP contribution is -2.04. The molecule has 174 valence electrons. The van der Waals surface area contributed by atoms with E-state index in [4.69, 9.17) is 45.0 Å². The average molecular weight is 528 g/mol. The van der Waals surface area contributed by atoms with Gasteiger partial charge < -0.3 is 10.2 Å². The Balaban J connectivity index is 0.000000331. The normalized spacial score (nSPS) is 9.91. The molecule has 0 radical (unpaired) electrons. The predicted molar refractivity (Wildman–Crippen MR) is 108 cm³/mol. The molecule has 0 bridgehead atoms. The minimum atomic E-state index is -1.63. The molecule has 0 saturated heterocycles. The number of hydrogen-bond acceptors (Lipinski definition) is 10. The number of nitrogens with zero attached hydrogens (tertiary/aromatic N) is 4. The van der Waals surface area contributed by atoms with Crippen molar-refractivity contribution in [2.24, 2.45) is 0 Å². The Morgan fingerprint density at radius 3 is 1.33 bits per heavy atom. The summed E-state index contributed by atoms with van der Waals surface area (Å²) in [7, 11) is 0. The van der Waals surface area contributed by atoms with Gasteiger partial charge in [-0.25, -0.2) is 9.59 Å². The van der Waals surface area contributed by atoms with Gasteiger partial charge in [0.05, 0.1) is 30.8 Å². The number of carboxylic acid groups (broad SMARTS) is 2. The van der Waals surface area contributed by atoms with Crippen molar-refractivity contribution in [1.29, 1.82) is 0 Å². The van der Waals surface area contributed by atoms with Crippen LogP contribution in [0, 0.1) is 40.5 Å². The van der Waals surface area contributed by atoms with E-state index in [1.165, 1.54) is 0 Å². The van der Waals surface area contributed by atoms with Gasteiger partial charge in [-0.3, -0.25) is 40.5 Å². The third-order valence-corrected chi connectivity index (χ3v) is 4.58. The van der Waals surface area contributed by atoms with Crippen molar-refractivity contribution in [3.63, 3.8) is 0 Å². The minimum Gasteiger partial charge on any atom is -0.478 e. The van der Waals surface area contributed by atoms with E-state index in [-0.39, 0.29) is 0 Å². The smallest absolute Gasteiger partial charge is 0.337 e. The number of carboxylic acids is 2. The molecule has 0 saturated carbocycles. The molecule has 2 rings (SSSR count). The maximum absolute atomic E-state index is 10.7. The SMILES string of the molecule is O=C(O)c1cc([N+](=O)[O-])c(Cl)c([N+](=O)[O-])c1.O=C(O)c1cc([N+](=O)[O-])c(Cl)c([N+](=O)[O-])c1Cl. The highest BCUT2D eigenvalue weighted by Gasteiger charge is 2.32. The second kappa shape index (κ2) is 10.4. The Labute approximate surface area is 194 Å². The molecule has 0 spiro atoms. The molecule has 19 heteroatoms. The zero-order valence-corrected chi connectivity index (χ0v) is 17.4. The molecule has 0 heterocycles. The lowest BCUT2D eigenvalue weighted by Gasteiger charge is -2.03.